The lowest BCUT2D eigenvalue weighted by molar-refractivity contribution is -0.167. The Kier molecular flexibility index (Phi) is 42.3. The van der Waals surface area contributed by atoms with Crippen LogP contribution in [0.5, 0.6) is 0 Å². The molecule has 0 aromatic rings. The van der Waals surface area contributed by atoms with E-state index in [1.54, 1.807) is 0 Å². The van der Waals surface area contributed by atoms with Gasteiger partial charge in [0.1, 0.15) is 13.2 Å². The van der Waals surface area contributed by atoms with Crippen molar-refractivity contribution in [1.29, 1.82) is 0 Å². The Labute approximate surface area is 342 Å². The number of carbonyl (C=O) groups excluding carboxylic acids is 3. The minimum absolute atomic E-state index is 0.0641. The lowest BCUT2D eigenvalue weighted by Crippen LogP contribution is -2.30. The van der Waals surface area contributed by atoms with E-state index < -0.39 is 6.10 Å². The number of unbranched alkanes of at least 4 members (excludes halogenated alkanes) is 30. The summed E-state index contributed by atoms with van der Waals surface area (Å²) in [5.41, 5.74) is 0. The fraction of sp³-hybridized carbons (Fsp3) is 0.939. The van der Waals surface area contributed by atoms with E-state index in [0.29, 0.717) is 19.3 Å². The first-order valence-electron chi connectivity index (χ1n) is 24.4. The van der Waals surface area contributed by atoms with Crippen LogP contribution in [0.15, 0.2) is 0 Å². The highest BCUT2D eigenvalue weighted by atomic mass is 16.6. The number of hydrogen-bond acceptors (Lipinski definition) is 6. The molecular weight excluding hydrogens is 685 g/mol. The molecule has 0 N–H and O–H groups in total. The molecule has 0 fully saturated rings. The minimum atomic E-state index is -0.760. The Morgan fingerprint density at radius 2 is 0.636 bits per heavy atom. The van der Waals surface area contributed by atoms with Crippen molar-refractivity contribution in [2.24, 2.45) is 5.92 Å². The van der Waals surface area contributed by atoms with Crippen molar-refractivity contribution < 1.29 is 28.6 Å². The third kappa shape index (κ3) is 41.9. The molecule has 0 aliphatic heterocycles. The van der Waals surface area contributed by atoms with Gasteiger partial charge < -0.3 is 14.2 Å². The number of ether oxygens (including phenoxy) is 3. The summed E-state index contributed by atoms with van der Waals surface area (Å²) >= 11 is 0. The second-order valence-corrected chi connectivity index (χ2v) is 17.0. The maximum atomic E-state index is 12.7. The van der Waals surface area contributed by atoms with Crippen LogP contribution in [-0.2, 0) is 28.6 Å². The molecule has 0 amide bonds. The van der Waals surface area contributed by atoms with Gasteiger partial charge in [-0.3, -0.25) is 14.4 Å². The van der Waals surface area contributed by atoms with E-state index in [1.165, 1.54) is 167 Å². The van der Waals surface area contributed by atoms with E-state index in [9.17, 15) is 14.4 Å². The third-order valence-corrected chi connectivity index (χ3v) is 11.4. The molecule has 0 bridgehead atoms. The van der Waals surface area contributed by atoms with Gasteiger partial charge in [-0.25, -0.2) is 0 Å². The average Bonchev–Trinajstić information content (AvgIpc) is 3.18. The molecule has 0 spiro atoms. The first-order valence-corrected chi connectivity index (χ1v) is 24.4. The molecule has 0 aliphatic carbocycles. The van der Waals surface area contributed by atoms with Crippen LogP contribution in [0.25, 0.3) is 0 Å². The van der Waals surface area contributed by atoms with Gasteiger partial charge in [-0.1, -0.05) is 233 Å². The molecule has 0 radical (unpaired) electrons. The molecule has 326 valence electrons. The lowest BCUT2D eigenvalue weighted by atomic mass is 10.00. The van der Waals surface area contributed by atoms with E-state index >= 15 is 0 Å². The van der Waals surface area contributed by atoms with Crippen LogP contribution in [0.4, 0.5) is 0 Å². The van der Waals surface area contributed by atoms with Crippen molar-refractivity contribution in [2.45, 2.75) is 278 Å². The smallest absolute Gasteiger partial charge is 0.306 e. The topological polar surface area (TPSA) is 78.9 Å². The summed E-state index contributed by atoms with van der Waals surface area (Å²) in [5.74, 6) is -0.0420. The summed E-state index contributed by atoms with van der Waals surface area (Å²) in [6, 6.07) is 0. The monoisotopic (exact) mass is 779 g/mol. The zero-order valence-corrected chi connectivity index (χ0v) is 37.4. The van der Waals surface area contributed by atoms with Crippen LogP contribution >= 0.6 is 0 Å². The van der Waals surface area contributed by atoms with Crippen molar-refractivity contribution in [2.75, 3.05) is 13.2 Å². The van der Waals surface area contributed by atoms with Crippen LogP contribution in [-0.4, -0.2) is 37.2 Å². The number of rotatable bonds is 44. The largest absolute Gasteiger partial charge is 0.462 e. The van der Waals surface area contributed by atoms with E-state index in [1.807, 2.05) is 0 Å². The molecule has 1 unspecified atom stereocenters. The first kappa shape index (κ1) is 53.4. The van der Waals surface area contributed by atoms with E-state index in [4.69, 9.17) is 14.2 Å². The fourth-order valence-electron chi connectivity index (χ4n) is 7.30. The maximum absolute atomic E-state index is 12.7. The normalized spacial score (nSPS) is 12.4. The van der Waals surface area contributed by atoms with Crippen molar-refractivity contribution in [3.05, 3.63) is 0 Å². The van der Waals surface area contributed by atoms with E-state index in [-0.39, 0.29) is 31.1 Å². The van der Waals surface area contributed by atoms with Crippen molar-refractivity contribution in [3.63, 3.8) is 0 Å². The zero-order valence-electron chi connectivity index (χ0n) is 37.4. The molecular formula is C49H94O6. The van der Waals surface area contributed by atoms with Gasteiger partial charge in [0.15, 0.2) is 6.10 Å². The summed E-state index contributed by atoms with van der Waals surface area (Å²) < 4.78 is 16.8. The van der Waals surface area contributed by atoms with Gasteiger partial charge in [-0.2, -0.15) is 0 Å². The molecule has 55 heavy (non-hydrogen) atoms. The second-order valence-electron chi connectivity index (χ2n) is 17.0. The van der Waals surface area contributed by atoms with Gasteiger partial charge in [-0.05, 0) is 25.2 Å². The Morgan fingerprint density at radius 1 is 0.364 bits per heavy atom. The molecule has 0 heterocycles. The van der Waals surface area contributed by atoms with Crippen molar-refractivity contribution in [3.8, 4) is 0 Å². The van der Waals surface area contributed by atoms with Crippen LogP contribution in [0.2, 0.25) is 0 Å². The molecule has 0 saturated carbocycles. The van der Waals surface area contributed by atoms with E-state index in [2.05, 4.69) is 27.7 Å². The fourth-order valence-corrected chi connectivity index (χ4v) is 7.30. The molecule has 6 heteroatoms. The van der Waals surface area contributed by atoms with E-state index in [0.717, 1.165) is 63.7 Å². The first-order chi connectivity index (χ1) is 26.9. The summed E-state index contributed by atoms with van der Waals surface area (Å²) in [6.45, 7) is 8.98. The third-order valence-electron chi connectivity index (χ3n) is 11.4. The quantitative estimate of drug-likeness (QED) is 0.0348. The summed E-state index contributed by atoms with van der Waals surface area (Å²) in [4.78, 5) is 37.8. The Morgan fingerprint density at radius 3 is 0.945 bits per heavy atom. The Bertz CT molecular complexity index is 828. The lowest BCUT2D eigenvalue weighted by Gasteiger charge is -2.18. The SMILES string of the molecule is CCCCCCCCCCCCCCCCC(=O)OC[C@H](COC(=O)CCCCCCCCCCCCCCC)OC(=O)CCCCCCCCC(C)CC. The van der Waals surface area contributed by atoms with Crippen LogP contribution in [0.3, 0.4) is 0 Å². The van der Waals surface area contributed by atoms with Crippen LogP contribution in [0, 0.1) is 5.92 Å². The molecule has 6 nitrogen and oxygen atoms in total. The molecule has 0 aromatic carbocycles. The summed E-state index contributed by atoms with van der Waals surface area (Å²) in [7, 11) is 0. The van der Waals surface area contributed by atoms with Crippen molar-refractivity contribution >= 4 is 17.9 Å². The molecule has 0 aromatic heterocycles. The summed E-state index contributed by atoms with van der Waals surface area (Å²) in [5, 5.41) is 0. The molecule has 0 rings (SSSR count). The highest BCUT2D eigenvalue weighted by Crippen LogP contribution is 2.17. The second kappa shape index (κ2) is 43.5. The molecule has 0 saturated heterocycles. The average molecular weight is 779 g/mol. The minimum Gasteiger partial charge on any atom is -0.462 e. The van der Waals surface area contributed by atoms with Gasteiger partial charge in [0.2, 0.25) is 0 Å². The molecule has 2 atom stereocenters. The number of esters is 3. The molecule has 0 aliphatic rings. The summed E-state index contributed by atoms with van der Waals surface area (Å²) in [6.07, 6.45) is 43.7. The zero-order chi connectivity index (χ0) is 40.3. The van der Waals surface area contributed by atoms with Crippen LogP contribution < -0.4 is 0 Å². The predicted octanol–water partition coefficient (Wildman–Crippen LogP) is 15.5. The van der Waals surface area contributed by atoms with Crippen LogP contribution in [0.1, 0.15) is 272 Å². The van der Waals surface area contributed by atoms with Gasteiger partial charge in [-0.15, -0.1) is 0 Å². The standard InChI is InChI=1S/C49H94O6/c1-5-8-10-12-14-16-18-20-22-24-26-28-33-37-41-48(51)54-44-46(55-49(52)42-38-34-30-29-31-35-39-45(4)7-3)43-53-47(50)40-36-32-27-25-23-21-19-17-15-13-11-9-6-2/h45-46H,5-44H2,1-4H3/t45?,46-/m0/s1. The Hall–Kier alpha value is -1.59. The van der Waals surface area contributed by atoms with Crippen molar-refractivity contribution in [1.82, 2.24) is 0 Å². The van der Waals surface area contributed by atoms with Gasteiger partial charge in [0.05, 0.1) is 0 Å². The number of carbonyl (C=O) groups is 3. The predicted molar refractivity (Wildman–Crippen MR) is 233 cm³/mol. The highest BCUT2D eigenvalue weighted by Gasteiger charge is 2.19. The Balaban J connectivity index is 4.30. The number of hydrogen-bond donors (Lipinski definition) is 0. The van der Waals surface area contributed by atoms with Gasteiger partial charge >= 0.3 is 17.9 Å². The van der Waals surface area contributed by atoms with Gasteiger partial charge in [0.25, 0.3) is 0 Å². The van der Waals surface area contributed by atoms with Gasteiger partial charge in [0, 0.05) is 19.3 Å². The maximum Gasteiger partial charge on any atom is 0.306 e. The highest BCUT2D eigenvalue weighted by molar-refractivity contribution is 5.71.